The quantitative estimate of drug-likeness (QED) is 0.757. The van der Waals surface area contributed by atoms with Gasteiger partial charge in [0.1, 0.15) is 11.0 Å². The van der Waals surface area contributed by atoms with Gasteiger partial charge in [-0.1, -0.05) is 38.3 Å². The normalized spacial score (nSPS) is 11.9. The van der Waals surface area contributed by atoms with Gasteiger partial charge in [0.05, 0.1) is 29.3 Å². The zero-order valence-corrected chi connectivity index (χ0v) is 12.3. The zero-order chi connectivity index (χ0) is 11.0. The summed E-state index contributed by atoms with van der Waals surface area (Å²) in [5, 5.41) is 2.85. The maximum absolute atomic E-state index is 4.46. The summed E-state index contributed by atoms with van der Waals surface area (Å²) < 4.78 is 8.91. The summed E-state index contributed by atoms with van der Waals surface area (Å²) in [5.41, 5.74) is 2.34. The van der Waals surface area contributed by atoms with Crippen molar-refractivity contribution in [1.82, 2.24) is 8.75 Å². The van der Waals surface area contributed by atoms with Crippen LogP contribution in [0.3, 0.4) is 0 Å². The molecule has 5 heteroatoms. The van der Waals surface area contributed by atoms with Crippen LogP contribution < -0.4 is 10.4 Å². The molecular weight excluding hydrogens is 236 g/mol. The first-order valence-corrected chi connectivity index (χ1v) is 10.7. The van der Waals surface area contributed by atoms with Crippen LogP contribution in [0.2, 0.25) is 26.2 Å². The fraction of sp³-hybridized carbons (Fsp3) is 0.400. The van der Waals surface area contributed by atoms with Gasteiger partial charge < -0.3 is 0 Å². The molecule has 2 nitrogen and oxygen atoms in total. The van der Waals surface area contributed by atoms with Gasteiger partial charge in [0, 0.05) is 0 Å². The van der Waals surface area contributed by atoms with Gasteiger partial charge >= 0.3 is 0 Å². The fourth-order valence-electron chi connectivity index (χ4n) is 1.67. The minimum absolute atomic E-state index is 0.434. The van der Waals surface area contributed by atoms with Crippen LogP contribution in [0, 0.1) is 0 Å². The molecule has 0 amide bonds. The molecule has 1 heterocycles. The maximum Gasteiger partial charge on any atom is 0.103 e. The topological polar surface area (TPSA) is 25.8 Å². The van der Waals surface area contributed by atoms with Crippen LogP contribution in [-0.2, 0) is 0 Å². The lowest BCUT2D eigenvalue weighted by atomic mass is 10.3. The highest BCUT2D eigenvalue weighted by Gasteiger charge is 2.15. The van der Waals surface area contributed by atoms with E-state index in [1.54, 1.807) is 0 Å². The Bertz CT molecular complexity index is 437. The molecule has 15 heavy (non-hydrogen) atoms. The molecule has 0 bridgehead atoms. The summed E-state index contributed by atoms with van der Waals surface area (Å²) in [6, 6.07) is 4.54. The molecule has 1 aromatic heterocycles. The summed E-state index contributed by atoms with van der Waals surface area (Å²) in [6.07, 6.45) is 0. The third-order valence-corrected chi connectivity index (χ3v) is 5.98. The van der Waals surface area contributed by atoms with Gasteiger partial charge in [-0.2, -0.15) is 8.75 Å². The van der Waals surface area contributed by atoms with Crippen LogP contribution >= 0.6 is 11.7 Å². The average Bonchev–Trinajstić information content (AvgIpc) is 2.63. The van der Waals surface area contributed by atoms with E-state index in [0.717, 1.165) is 0 Å². The molecule has 0 saturated heterocycles. The highest BCUT2D eigenvalue weighted by atomic mass is 32.1. The van der Waals surface area contributed by atoms with E-state index < -0.39 is 17.6 Å². The van der Waals surface area contributed by atoms with E-state index in [9.17, 15) is 0 Å². The Morgan fingerprint density at radius 1 is 0.867 bits per heavy atom. The second-order valence-electron chi connectivity index (χ2n) is 4.12. The lowest BCUT2D eigenvalue weighted by molar-refractivity contribution is 1.67. The van der Waals surface area contributed by atoms with Crippen molar-refractivity contribution < 1.29 is 0 Å². The molecule has 0 aliphatic heterocycles. The monoisotopic (exact) mass is 250 g/mol. The van der Waals surface area contributed by atoms with E-state index in [1.165, 1.54) is 33.1 Å². The van der Waals surface area contributed by atoms with Crippen molar-refractivity contribution >= 4 is 50.7 Å². The Labute approximate surface area is 97.9 Å². The molecule has 0 spiro atoms. The van der Waals surface area contributed by atoms with Gasteiger partial charge in [-0.05, 0) is 10.4 Å². The molecule has 0 aliphatic carbocycles. The van der Waals surface area contributed by atoms with Gasteiger partial charge in [-0.25, -0.2) is 0 Å². The van der Waals surface area contributed by atoms with Crippen LogP contribution in [0.4, 0.5) is 0 Å². The standard InChI is InChI=1S/C10H14N2SSi2/c1-14(2)7-5-6-8(15(3)4)10-9(7)11-13-12-10/h5-6H,1-4H3. The van der Waals surface area contributed by atoms with Crippen LogP contribution in [0.15, 0.2) is 12.1 Å². The number of hydrogen-bond donors (Lipinski definition) is 0. The Hall–Kier alpha value is -0.526. The Morgan fingerprint density at radius 2 is 1.27 bits per heavy atom. The van der Waals surface area contributed by atoms with Crippen LogP contribution in [-0.4, -0.2) is 26.3 Å². The number of aromatic nitrogens is 2. The molecule has 0 fully saturated rings. The molecule has 0 aliphatic rings. The van der Waals surface area contributed by atoms with Gasteiger partial charge in [-0.15, -0.1) is 0 Å². The van der Waals surface area contributed by atoms with Crippen LogP contribution in [0.1, 0.15) is 0 Å². The summed E-state index contributed by atoms with van der Waals surface area (Å²) in [5.74, 6) is 0. The number of fused-ring (bicyclic) bond motifs is 1. The first-order chi connectivity index (χ1) is 7.11. The molecule has 0 atom stereocenters. The molecule has 0 unspecified atom stereocenters. The van der Waals surface area contributed by atoms with E-state index in [1.807, 2.05) is 0 Å². The minimum atomic E-state index is -0.434. The molecule has 2 radical (unpaired) electrons. The summed E-state index contributed by atoms with van der Waals surface area (Å²) in [4.78, 5) is 0. The first kappa shape index (κ1) is 11.0. The summed E-state index contributed by atoms with van der Waals surface area (Å²) in [6.45, 7) is 9.23. The van der Waals surface area contributed by atoms with E-state index in [2.05, 4.69) is 47.1 Å². The zero-order valence-electron chi connectivity index (χ0n) is 9.46. The maximum atomic E-state index is 4.46. The highest BCUT2D eigenvalue weighted by molar-refractivity contribution is 7.00. The van der Waals surface area contributed by atoms with E-state index >= 15 is 0 Å². The smallest absolute Gasteiger partial charge is 0.103 e. The first-order valence-electron chi connectivity index (χ1n) is 4.97. The van der Waals surface area contributed by atoms with Crippen molar-refractivity contribution in [1.29, 1.82) is 0 Å². The van der Waals surface area contributed by atoms with Gasteiger partial charge in [0.2, 0.25) is 0 Å². The number of nitrogens with zero attached hydrogens (tertiary/aromatic N) is 2. The largest absolute Gasteiger partial charge is 0.173 e. The summed E-state index contributed by atoms with van der Waals surface area (Å²) in [7, 11) is -0.867. The van der Waals surface area contributed by atoms with E-state index in [-0.39, 0.29) is 0 Å². The molecule has 0 N–H and O–H groups in total. The highest BCUT2D eigenvalue weighted by Crippen LogP contribution is 2.09. The molecule has 2 aromatic rings. The number of hydrogen-bond acceptors (Lipinski definition) is 3. The lowest BCUT2D eigenvalue weighted by Gasteiger charge is -2.08. The molecule has 0 saturated carbocycles. The average molecular weight is 250 g/mol. The minimum Gasteiger partial charge on any atom is -0.173 e. The van der Waals surface area contributed by atoms with E-state index in [0.29, 0.717) is 0 Å². The van der Waals surface area contributed by atoms with Crippen molar-refractivity contribution in [3.05, 3.63) is 12.1 Å². The Morgan fingerprint density at radius 3 is 1.60 bits per heavy atom. The molecule has 2 rings (SSSR count). The fourth-order valence-corrected chi connectivity index (χ4v) is 4.54. The number of benzene rings is 1. The van der Waals surface area contributed by atoms with Gasteiger partial charge in [0.25, 0.3) is 0 Å². The second kappa shape index (κ2) is 4.15. The van der Waals surface area contributed by atoms with Crippen molar-refractivity contribution in [2.75, 3.05) is 0 Å². The van der Waals surface area contributed by atoms with Crippen LogP contribution in [0.5, 0.6) is 0 Å². The van der Waals surface area contributed by atoms with Gasteiger partial charge in [-0.3, -0.25) is 0 Å². The SMILES string of the molecule is C[Si](C)c1ccc([Si](C)C)c2nsnc12. The third-order valence-electron chi connectivity index (χ3n) is 2.49. The molecule has 78 valence electrons. The molecular formula is C10H14N2SSi2. The Balaban J connectivity index is 2.71. The van der Waals surface area contributed by atoms with Crippen molar-refractivity contribution in [2.24, 2.45) is 0 Å². The number of rotatable bonds is 2. The van der Waals surface area contributed by atoms with Gasteiger partial charge in [0.15, 0.2) is 0 Å². The Kier molecular flexibility index (Phi) is 3.04. The van der Waals surface area contributed by atoms with Crippen LogP contribution in [0.25, 0.3) is 11.0 Å². The lowest BCUT2D eigenvalue weighted by Crippen LogP contribution is -2.30. The summed E-state index contributed by atoms with van der Waals surface area (Å²) >= 11 is 1.35. The third kappa shape index (κ3) is 1.91. The van der Waals surface area contributed by atoms with E-state index in [4.69, 9.17) is 0 Å². The van der Waals surface area contributed by atoms with Crippen molar-refractivity contribution in [2.45, 2.75) is 26.2 Å². The van der Waals surface area contributed by atoms with Crippen molar-refractivity contribution in [3.63, 3.8) is 0 Å². The van der Waals surface area contributed by atoms with Crippen molar-refractivity contribution in [3.8, 4) is 0 Å². The predicted molar refractivity (Wildman–Crippen MR) is 71.6 cm³/mol. The molecule has 1 aromatic carbocycles. The predicted octanol–water partition coefficient (Wildman–Crippen LogP) is 1.61. The second-order valence-corrected chi connectivity index (χ2v) is 9.73.